The van der Waals surface area contributed by atoms with Crippen LogP contribution in [0.1, 0.15) is 59.3 Å². The number of carbonyl (C=O) groups is 2. The van der Waals surface area contributed by atoms with Crippen molar-refractivity contribution >= 4 is 21.7 Å². The SMILES string of the molecule is CC(CC(=O)O)NC(=O)C(C(C)C)S(=O)(=O)C1CCCCC1. The van der Waals surface area contributed by atoms with E-state index in [1.165, 1.54) is 0 Å². The first-order valence-electron chi connectivity index (χ1n) is 7.91. The Morgan fingerprint density at radius 2 is 1.68 bits per heavy atom. The van der Waals surface area contributed by atoms with Crippen molar-refractivity contribution in [3.8, 4) is 0 Å². The molecular weight excluding hydrogens is 306 g/mol. The Morgan fingerprint density at radius 1 is 1.14 bits per heavy atom. The molecule has 0 radical (unpaired) electrons. The Balaban J connectivity index is 2.87. The number of hydrogen-bond donors (Lipinski definition) is 2. The van der Waals surface area contributed by atoms with Gasteiger partial charge >= 0.3 is 5.97 Å². The van der Waals surface area contributed by atoms with Gasteiger partial charge in [0.25, 0.3) is 0 Å². The fraction of sp³-hybridized carbons (Fsp3) is 0.867. The van der Waals surface area contributed by atoms with Gasteiger partial charge < -0.3 is 10.4 Å². The van der Waals surface area contributed by atoms with E-state index in [9.17, 15) is 18.0 Å². The number of amides is 1. The first-order valence-corrected chi connectivity index (χ1v) is 9.52. The van der Waals surface area contributed by atoms with Gasteiger partial charge in [0.05, 0.1) is 11.7 Å². The zero-order valence-corrected chi connectivity index (χ0v) is 14.4. The second kappa shape index (κ2) is 7.94. The molecule has 6 nitrogen and oxygen atoms in total. The highest BCUT2D eigenvalue weighted by atomic mass is 32.2. The lowest BCUT2D eigenvalue weighted by atomic mass is 10.0. The molecule has 2 N–H and O–H groups in total. The fourth-order valence-corrected chi connectivity index (χ4v) is 5.60. The quantitative estimate of drug-likeness (QED) is 0.739. The molecule has 1 aliphatic carbocycles. The van der Waals surface area contributed by atoms with Gasteiger partial charge in [0.2, 0.25) is 5.91 Å². The lowest BCUT2D eigenvalue weighted by molar-refractivity contribution is -0.137. The molecule has 1 rings (SSSR count). The summed E-state index contributed by atoms with van der Waals surface area (Å²) < 4.78 is 25.6. The number of carboxylic acid groups (broad SMARTS) is 1. The van der Waals surface area contributed by atoms with Crippen LogP contribution in [0.3, 0.4) is 0 Å². The van der Waals surface area contributed by atoms with Crippen molar-refractivity contribution in [1.82, 2.24) is 5.32 Å². The van der Waals surface area contributed by atoms with Crippen molar-refractivity contribution in [3.63, 3.8) is 0 Å². The van der Waals surface area contributed by atoms with Gasteiger partial charge in [-0.2, -0.15) is 0 Å². The minimum atomic E-state index is -3.56. The first kappa shape index (κ1) is 18.9. The molecule has 1 fully saturated rings. The van der Waals surface area contributed by atoms with Gasteiger partial charge in [-0.25, -0.2) is 8.42 Å². The highest BCUT2D eigenvalue weighted by Crippen LogP contribution is 2.29. The third-order valence-electron chi connectivity index (χ3n) is 4.10. The highest BCUT2D eigenvalue weighted by Gasteiger charge is 2.41. The summed E-state index contributed by atoms with van der Waals surface area (Å²) >= 11 is 0. The van der Waals surface area contributed by atoms with Crippen LogP contribution in [0.15, 0.2) is 0 Å². The van der Waals surface area contributed by atoms with E-state index in [2.05, 4.69) is 5.32 Å². The summed E-state index contributed by atoms with van der Waals surface area (Å²) in [6, 6.07) is -0.590. The van der Waals surface area contributed by atoms with Crippen LogP contribution in [0.4, 0.5) is 0 Å². The summed E-state index contributed by atoms with van der Waals surface area (Å²) in [6.07, 6.45) is 3.81. The number of carbonyl (C=O) groups excluding carboxylic acids is 1. The predicted octanol–water partition coefficient (Wildman–Crippen LogP) is 1.74. The molecule has 2 atom stereocenters. The van der Waals surface area contributed by atoms with Gasteiger partial charge in [-0.15, -0.1) is 0 Å². The van der Waals surface area contributed by atoms with Gasteiger partial charge in [-0.05, 0) is 25.7 Å². The van der Waals surface area contributed by atoms with Gasteiger partial charge in [0.15, 0.2) is 9.84 Å². The summed E-state index contributed by atoms with van der Waals surface area (Å²) in [7, 11) is -3.56. The molecule has 7 heteroatoms. The molecule has 0 bridgehead atoms. The zero-order valence-electron chi connectivity index (χ0n) is 13.5. The Labute approximate surface area is 132 Å². The van der Waals surface area contributed by atoms with Crippen molar-refractivity contribution < 1.29 is 23.1 Å². The summed E-state index contributed by atoms with van der Waals surface area (Å²) in [4.78, 5) is 23.1. The Kier molecular flexibility index (Phi) is 6.84. The van der Waals surface area contributed by atoms with Crippen LogP contribution in [0.5, 0.6) is 0 Å². The summed E-state index contributed by atoms with van der Waals surface area (Å²) in [6.45, 7) is 5.00. The molecule has 2 unspecified atom stereocenters. The summed E-state index contributed by atoms with van der Waals surface area (Å²) in [5.41, 5.74) is 0. The molecule has 22 heavy (non-hydrogen) atoms. The second-order valence-electron chi connectivity index (χ2n) is 6.52. The largest absolute Gasteiger partial charge is 0.481 e. The molecule has 1 aliphatic rings. The number of sulfone groups is 1. The minimum absolute atomic E-state index is 0.222. The average Bonchev–Trinajstić information content (AvgIpc) is 2.37. The molecule has 0 spiro atoms. The van der Waals surface area contributed by atoms with Gasteiger partial charge in [0, 0.05) is 6.04 Å². The molecule has 0 aliphatic heterocycles. The summed E-state index contributed by atoms with van der Waals surface area (Å²) in [5, 5.41) is 9.72. The normalized spacial score (nSPS) is 19.6. The lowest BCUT2D eigenvalue weighted by Gasteiger charge is -2.29. The van der Waals surface area contributed by atoms with E-state index in [-0.39, 0.29) is 12.3 Å². The van der Waals surface area contributed by atoms with E-state index in [1.807, 2.05) is 0 Å². The van der Waals surface area contributed by atoms with E-state index >= 15 is 0 Å². The van der Waals surface area contributed by atoms with Crippen LogP contribution in [0.25, 0.3) is 0 Å². The number of nitrogens with one attached hydrogen (secondary N) is 1. The van der Waals surface area contributed by atoms with Crippen LogP contribution >= 0.6 is 0 Å². The van der Waals surface area contributed by atoms with Crippen LogP contribution in [0.2, 0.25) is 0 Å². The molecule has 128 valence electrons. The molecule has 0 saturated heterocycles. The third kappa shape index (κ3) is 4.97. The predicted molar refractivity (Wildman–Crippen MR) is 84.3 cm³/mol. The van der Waals surface area contributed by atoms with Crippen LogP contribution in [0, 0.1) is 5.92 Å². The highest BCUT2D eigenvalue weighted by molar-refractivity contribution is 7.93. The Hall–Kier alpha value is -1.11. The fourth-order valence-electron chi connectivity index (χ4n) is 3.07. The van der Waals surface area contributed by atoms with E-state index < -0.39 is 38.3 Å². The number of carboxylic acids is 1. The molecule has 1 amide bonds. The standard InChI is InChI=1S/C15H27NO5S/c1-10(2)14(15(19)16-11(3)9-13(17)18)22(20,21)12-7-5-4-6-8-12/h10-12,14H,4-9H2,1-3H3,(H,16,19)(H,17,18). The molecule has 0 aromatic carbocycles. The van der Waals surface area contributed by atoms with Crippen molar-refractivity contribution in [2.45, 2.75) is 75.8 Å². The average molecular weight is 333 g/mol. The van der Waals surface area contributed by atoms with Crippen LogP contribution < -0.4 is 5.32 Å². The van der Waals surface area contributed by atoms with Crippen LogP contribution in [-0.2, 0) is 19.4 Å². The van der Waals surface area contributed by atoms with Gasteiger partial charge in [0.1, 0.15) is 5.25 Å². The van der Waals surface area contributed by atoms with E-state index in [1.54, 1.807) is 20.8 Å². The molecule has 0 aromatic rings. The first-order chi connectivity index (χ1) is 10.2. The second-order valence-corrected chi connectivity index (χ2v) is 8.87. The smallest absolute Gasteiger partial charge is 0.305 e. The van der Waals surface area contributed by atoms with E-state index in [4.69, 9.17) is 5.11 Å². The maximum atomic E-state index is 12.8. The van der Waals surface area contributed by atoms with Crippen LogP contribution in [-0.4, -0.2) is 41.9 Å². The van der Waals surface area contributed by atoms with Crippen molar-refractivity contribution in [2.75, 3.05) is 0 Å². The number of hydrogen-bond acceptors (Lipinski definition) is 4. The van der Waals surface area contributed by atoms with Crippen molar-refractivity contribution in [1.29, 1.82) is 0 Å². The maximum absolute atomic E-state index is 12.8. The van der Waals surface area contributed by atoms with E-state index in [0.29, 0.717) is 12.8 Å². The molecular formula is C15H27NO5S. The lowest BCUT2D eigenvalue weighted by Crippen LogP contribution is -2.49. The van der Waals surface area contributed by atoms with Crippen molar-refractivity contribution in [3.05, 3.63) is 0 Å². The molecule has 1 saturated carbocycles. The third-order valence-corrected chi connectivity index (χ3v) is 6.97. The Bertz CT molecular complexity index is 494. The van der Waals surface area contributed by atoms with Gasteiger partial charge in [-0.3, -0.25) is 9.59 Å². The van der Waals surface area contributed by atoms with Gasteiger partial charge in [-0.1, -0.05) is 33.1 Å². The van der Waals surface area contributed by atoms with Crippen molar-refractivity contribution in [2.24, 2.45) is 5.92 Å². The maximum Gasteiger partial charge on any atom is 0.305 e. The number of rotatable bonds is 7. The van der Waals surface area contributed by atoms with E-state index in [0.717, 1.165) is 19.3 Å². The number of aliphatic carboxylic acids is 1. The minimum Gasteiger partial charge on any atom is -0.481 e. The molecule has 0 heterocycles. The Morgan fingerprint density at radius 3 is 2.14 bits per heavy atom. The molecule has 0 aromatic heterocycles. The zero-order chi connectivity index (χ0) is 16.9. The topological polar surface area (TPSA) is 101 Å². The monoisotopic (exact) mass is 333 g/mol. The summed E-state index contributed by atoms with van der Waals surface area (Å²) in [5.74, 6) is -1.94.